The van der Waals surface area contributed by atoms with E-state index in [1.165, 1.54) is 6.92 Å². The molecule has 0 aliphatic heterocycles. The van der Waals surface area contributed by atoms with Crippen molar-refractivity contribution in [3.05, 3.63) is 0 Å². The Kier molecular flexibility index (Phi) is 16.3. The van der Waals surface area contributed by atoms with Crippen molar-refractivity contribution < 1.29 is 18.7 Å². The molecule has 0 aliphatic rings. The predicted octanol–water partition coefficient (Wildman–Crippen LogP) is 2.30. The van der Waals surface area contributed by atoms with Crippen molar-refractivity contribution >= 4 is 5.91 Å². The lowest BCUT2D eigenvalue weighted by Crippen LogP contribution is -2.43. The molecule has 134 valence electrons. The molecule has 1 unspecified atom stereocenters. The van der Waals surface area contributed by atoms with E-state index in [0.717, 1.165) is 26.0 Å². The zero-order chi connectivity index (χ0) is 17.4. The first-order valence-corrected chi connectivity index (χ1v) is 8.15. The minimum atomic E-state index is -1.23. The second-order valence-electron chi connectivity index (χ2n) is 5.28. The van der Waals surface area contributed by atoms with Crippen molar-refractivity contribution in [3.63, 3.8) is 0 Å². The fraction of sp³-hybridized carbons (Fsp3) is 0.938. The van der Waals surface area contributed by atoms with Crippen molar-refractivity contribution in [1.82, 2.24) is 10.6 Å². The summed E-state index contributed by atoms with van der Waals surface area (Å²) in [6, 6.07) is 0. The maximum Gasteiger partial charge on any atom is 0.216 e. The van der Waals surface area contributed by atoms with Crippen LogP contribution in [-0.2, 0) is 14.3 Å². The van der Waals surface area contributed by atoms with Gasteiger partial charge in [0, 0.05) is 26.7 Å². The summed E-state index contributed by atoms with van der Waals surface area (Å²) in [6.45, 7) is 11.4. The molecular formula is C16H35FN2O3. The molecule has 0 fully saturated rings. The maximum atomic E-state index is 13.9. The SMILES string of the molecule is CC.CNCCCOCCCOC(C)(C)C(F)CNC(C)=O. The molecule has 1 amide bonds. The number of carbonyl (C=O) groups is 1. The molecule has 0 aromatic heterocycles. The van der Waals surface area contributed by atoms with Gasteiger partial charge >= 0.3 is 0 Å². The molecule has 0 bridgehead atoms. The number of amides is 1. The molecule has 0 rings (SSSR count). The molecule has 0 aromatic rings. The van der Waals surface area contributed by atoms with Crippen LogP contribution in [0.1, 0.15) is 47.5 Å². The van der Waals surface area contributed by atoms with Gasteiger partial charge < -0.3 is 20.1 Å². The Balaban J connectivity index is 0. The summed E-state index contributed by atoms with van der Waals surface area (Å²) in [4.78, 5) is 10.7. The van der Waals surface area contributed by atoms with Gasteiger partial charge in [0.1, 0.15) is 6.17 Å². The number of nitrogens with one attached hydrogen (secondary N) is 2. The Bertz CT molecular complexity index is 264. The van der Waals surface area contributed by atoms with Gasteiger partial charge in [-0.1, -0.05) is 13.8 Å². The number of alkyl halides is 1. The first kappa shape index (κ1) is 23.5. The fourth-order valence-electron chi connectivity index (χ4n) is 1.52. The predicted molar refractivity (Wildman–Crippen MR) is 88.9 cm³/mol. The summed E-state index contributed by atoms with van der Waals surface area (Å²) in [6.07, 6.45) is 0.477. The first-order valence-electron chi connectivity index (χ1n) is 8.15. The molecule has 0 spiro atoms. The Hall–Kier alpha value is -0.720. The summed E-state index contributed by atoms with van der Waals surface area (Å²) in [5, 5.41) is 5.50. The highest BCUT2D eigenvalue weighted by Gasteiger charge is 2.30. The molecule has 6 heteroatoms. The highest BCUT2D eigenvalue weighted by Crippen LogP contribution is 2.18. The third kappa shape index (κ3) is 14.2. The molecule has 0 aromatic carbocycles. The van der Waals surface area contributed by atoms with E-state index >= 15 is 0 Å². The normalized spacial score (nSPS) is 12.3. The smallest absolute Gasteiger partial charge is 0.216 e. The lowest BCUT2D eigenvalue weighted by atomic mass is 10.0. The summed E-state index contributed by atoms with van der Waals surface area (Å²) < 4.78 is 24.8. The Morgan fingerprint density at radius 1 is 1.18 bits per heavy atom. The van der Waals surface area contributed by atoms with Crippen LogP contribution in [0.4, 0.5) is 4.39 Å². The number of hydrogen-bond acceptors (Lipinski definition) is 4. The topological polar surface area (TPSA) is 59.6 Å². The Labute approximate surface area is 135 Å². The third-order valence-corrected chi connectivity index (χ3v) is 2.91. The highest BCUT2D eigenvalue weighted by atomic mass is 19.1. The van der Waals surface area contributed by atoms with E-state index in [1.807, 2.05) is 20.9 Å². The van der Waals surface area contributed by atoms with Gasteiger partial charge in [0.15, 0.2) is 0 Å². The maximum absolute atomic E-state index is 13.9. The van der Waals surface area contributed by atoms with Crippen LogP contribution < -0.4 is 10.6 Å². The largest absolute Gasteiger partial charge is 0.381 e. The molecule has 0 aliphatic carbocycles. The Morgan fingerprint density at radius 2 is 1.77 bits per heavy atom. The second kappa shape index (κ2) is 15.2. The number of rotatable bonds is 12. The number of ether oxygens (including phenoxy) is 2. The summed E-state index contributed by atoms with van der Waals surface area (Å²) in [5.74, 6) is -0.238. The monoisotopic (exact) mass is 322 g/mol. The van der Waals surface area contributed by atoms with Crippen LogP contribution in [0.3, 0.4) is 0 Å². The van der Waals surface area contributed by atoms with Crippen LogP contribution in [0.25, 0.3) is 0 Å². The van der Waals surface area contributed by atoms with E-state index in [9.17, 15) is 9.18 Å². The molecule has 1 atom stereocenters. The zero-order valence-electron chi connectivity index (χ0n) is 15.1. The van der Waals surface area contributed by atoms with E-state index < -0.39 is 11.8 Å². The van der Waals surface area contributed by atoms with Crippen molar-refractivity contribution in [2.45, 2.75) is 59.2 Å². The summed E-state index contributed by atoms with van der Waals surface area (Å²) in [5.41, 5.74) is -0.908. The summed E-state index contributed by atoms with van der Waals surface area (Å²) >= 11 is 0. The first-order chi connectivity index (χ1) is 10.4. The van der Waals surface area contributed by atoms with Gasteiger partial charge in [0.05, 0.1) is 12.1 Å². The van der Waals surface area contributed by atoms with E-state index in [4.69, 9.17) is 9.47 Å². The van der Waals surface area contributed by atoms with Gasteiger partial charge in [0.25, 0.3) is 0 Å². The van der Waals surface area contributed by atoms with Crippen molar-refractivity contribution in [2.75, 3.05) is 40.0 Å². The summed E-state index contributed by atoms with van der Waals surface area (Å²) in [7, 11) is 1.91. The minimum absolute atomic E-state index is 0.0249. The van der Waals surface area contributed by atoms with Crippen molar-refractivity contribution in [3.8, 4) is 0 Å². The van der Waals surface area contributed by atoms with Gasteiger partial charge in [-0.2, -0.15) is 0 Å². The molecular weight excluding hydrogens is 287 g/mol. The fourth-order valence-corrected chi connectivity index (χ4v) is 1.52. The van der Waals surface area contributed by atoms with E-state index in [-0.39, 0.29) is 12.5 Å². The number of halogens is 1. The van der Waals surface area contributed by atoms with Crippen LogP contribution in [0.15, 0.2) is 0 Å². The van der Waals surface area contributed by atoms with Crippen LogP contribution in [-0.4, -0.2) is 57.6 Å². The molecule has 0 saturated heterocycles. The van der Waals surface area contributed by atoms with Gasteiger partial charge in [0.2, 0.25) is 5.91 Å². The van der Waals surface area contributed by atoms with E-state index in [1.54, 1.807) is 13.8 Å². The van der Waals surface area contributed by atoms with Crippen LogP contribution >= 0.6 is 0 Å². The lowest BCUT2D eigenvalue weighted by Gasteiger charge is -2.29. The molecule has 5 nitrogen and oxygen atoms in total. The van der Waals surface area contributed by atoms with E-state index in [0.29, 0.717) is 13.2 Å². The van der Waals surface area contributed by atoms with E-state index in [2.05, 4.69) is 10.6 Å². The van der Waals surface area contributed by atoms with Crippen molar-refractivity contribution in [2.24, 2.45) is 0 Å². The zero-order valence-corrected chi connectivity index (χ0v) is 15.1. The van der Waals surface area contributed by atoms with Crippen LogP contribution in [0, 0.1) is 0 Å². The second-order valence-corrected chi connectivity index (χ2v) is 5.28. The van der Waals surface area contributed by atoms with Crippen LogP contribution in [0.5, 0.6) is 0 Å². The quantitative estimate of drug-likeness (QED) is 0.541. The average molecular weight is 322 g/mol. The van der Waals surface area contributed by atoms with Gasteiger partial charge in [-0.05, 0) is 40.3 Å². The molecule has 0 saturated carbocycles. The molecule has 0 radical (unpaired) electrons. The lowest BCUT2D eigenvalue weighted by molar-refractivity contribution is -0.120. The number of carbonyl (C=O) groups excluding carboxylic acids is 1. The molecule has 2 N–H and O–H groups in total. The van der Waals surface area contributed by atoms with Gasteiger partial charge in [-0.25, -0.2) is 4.39 Å². The highest BCUT2D eigenvalue weighted by molar-refractivity contribution is 5.72. The third-order valence-electron chi connectivity index (χ3n) is 2.91. The average Bonchev–Trinajstić information content (AvgIpc) is 2.49. The number of hydrogen-bond donors (Lipinski definition) is 2. The van der Waals surface area contributed by atoms with Crippen LogP contribution in [0.2, 0.25) is 0 Å². The van der Waals surface area contributed by atoms with Gasteiger partial charge in [-0.3, -0.25) is 4.79 Å². The molecule has 22 heavy (non-hydrogen) atoms. The van der Waals surface area contributed by atoms with Crippen molar-refractivity contribution in [1.29, 1.82) is 0 Å². The minimum Gasteiger partial charge on any atom is -0.381 e. The molecule has 0 heterocycles. The van der Waals surface area contributed by atoms with Gasteiger partial charge in [-0.15, -0.1) is 0 Å². The Morgan fingerprint density at radius 3 is 2.32 bits per heavy atom. The standard InChI is InChI=1S/C14H29FN2O3.C2H6/c1-12(18)17-11-13(15)14(2,3)20-10-6-9-19-8-5-7-16-4;1-2/h13,16H,5-11H2,1-4H3,(H,17,18);1-2H3.